The number of anilines is 2. The van der Waals surface area contributed by atoms with Crippen LogP contribution in [-0.4, -0.2) is 70.0 Å². The van der Waals surface area contributed by atoms with Crippen LogP contribution >= 0.6 is 0 Å². The van der Waals surface area contributed by atoms with Crippen molar-refractivity contribution < 1.29 is 19.2 Å². The van der Waals surface area contributed by atoms with Gasteiger partial charge >= 0.3 is 0 Å². The molecule has 0 radical (unpaired) electrons. The number of rotatable bonds is 11. The highest BCUT2D eigenvalue weighted by Crippen LogP contribution is 2.52. The van der Waals surface area contributed by atoms with Crippen molar-refractivity contribution in [3.8, 4) is 0 Å². The maximum Gasteiger partial charge on any atom is 0.281 e. The average molecular weight is 937 g/mol. The lowest BCUT2D eigenvalue weighted by Crippen LogP contribution is -2.55. The van der Waals surface area contributed by atoms with Gasteiger partial charge in [-0.1, -0.05) is 70.4 Å². The third-order valence-electron chi connectivity index (χ3n) is 16.5. The van der Waals surface area contributed by atoms with E-state index in [1.54, 1.807) is 12.1 Å². The molecule has 70 heavy (non-hydrogen) atoms. The second-order valence-electron chi connectivity index (χ2n) is 20.4. The Morgan fingerprint density at radius 3 is 1.43 bits per heavy atom. The summed E-state index contributed by atoms with van der Waals surface area (Å²) >= 11 is 0. The van der Waals surface area contributed by atoms with Gasteiger partial charge in [0.2, 0.25) is 0 Å². The summed E-state index contributed by atoms with van der Waals surface area (Å²) in [5.74, 6) is -2.25. The Morgan fingerprint density at radius 1 is 0.429 bits per heavy atom. The van der Waals surface area contributed by atoms with E-state index in [0.29, 0.717) is 56.5 Å². The molecule has 14 heteroatoms. The molecule has 4 amide bonds. The zero-order valence-electron chi connectivity index (χ0n) is 39.3. The minimum Gasteiger partial charge on any atom is -0.371 e. The quantitative estimate of drug-likeness (QED) is 0.0534. The zero-order valence-corrected chi connectivity index (χ0v) is 39.3. The summed E-state index contributed by atoms with van der Waals surface area (Å²) in [7, 11) is 0. The fourth-order valence-electron chi connectivity index (χ4n) is 13.1. The maximum atomic E-state index is 15.3. The smallest absolute Gasteiger partial charge is 0.281 e. The summed E-state index contributed by atoms with van der Waals surface area (Å²) in [6, 6.07) is 13.5. The van der Waals surface area contributed by atoms with Gasteiger partial charge in [0.15, 0.2) is 0 Å². The van der Waals surface area contributed by atoms with Gasteiger partial charge in [0, 0.05) is 88.0 Å². The van der Waals surface area contributed by atoms with Crippen LogP contribution in [0.2, 0.25) is 0 Å². The van der Waals surface area contributed by atoms with E-state index in [2.05, 4.69) is 16.7 Å². The first-order chi connectivity index (χ1) is 34.1. The first-order valence-corrected chi connectivity index (χ1v) is 25.6. The number of carbonyl (C=O) groups is 4. The molecule has 3 fully saturated rings. The van der Waals surface area contributed by atoms with Crippen molar-refractivity contribution in [1.29, 1.82) is 0 Å². The molecule has 0 atom stereocenters. The molecular weight excluding hydrogens is 885 g/mol. The van der Waals surface area contributed by atoms with Crippen molar-refractivity contribution in [3.05, 3.63) is 112 Å². The van der Waals surface area contributed by atoms with Crippen LogP contribution in [-0.2, 0) is 6.54 Å². The number of fused-ring (bicyclic) bond motifs is 4. The van der Waals surface area contributed by atoms with E-state index in [4.69, 9.17) is 0 Å². The second-order valence-corrected chi connectivity index (χ2v) is 20.4. The summed E-state index contributed by atoms with van der Waals surface area (Å²) in [6.07, 6.45) is 14.2. The van der Waals surface area contributed by atoms with Gasteiger partial charge in [-0.15, -0.1) is 0 Å². The van der Waals surface area contributed by atoms with Gasteiger partial charge in [-0.05, 0) is 92.1 Å². The highest BCUT2D eigenvalue weighted by molar-refractivity contribution is 6.45. The molecule has 0 unspecified atom stereocenters. The van der Waals surface area contributed by atoms with Crippen molar-refractivity contribution in [2.24, 2.45) is 0 Å². The van der Waals surface area contributed by atoms with Gasteiger partial charge in [-0.2, -0.15) is 9.69 Å². The third kappa shape index (κ3) is 5.84. The normalized spacial score (nSPS) is 17.9. The number of hydrogen-bond acceptors (Lipinski definition) is 10. The Bertz CT molecular complexity index is 3780. The molecule has 0 spiro atoms. The minimum absolute atomic E-state index is 0.0121. The number of amides is 4. The predicted octanol–water partition coefficient (Wildman–Crippen LogP) is 8.38. The Kier molecular flexibility index (Phi) is 9.74. The van der Waals surface area contributed by atoms with Crippen molar-refractivity contribution in [2.45, 2.75) is 116 Å². The number of benzene rings is 6. The van der Waals surface area contributed by atoms with E-state index in [9.17, 15) is 28.8 Å². The van der Waals surface area contributed by atoms with Crippen LogP contribution in [0.25, 0.3) is 64.6 Å². The molecule has 1 saturated carbocycles. The molecule has 2 saturated heterocycles. The van der Waals surface area contributed by atoms with Crippen LogP contribution in [0.1, 0.15) is 145 Å². The van der Waals surface area contributed by atoms with Crippen molar-refractivity contribution in [2.75, 3.05) is 41.0 Å². The summed E-state index contributed by atoms with van der Waals surface area (Å²) in [4.78, 5) is 122. The number of carbonyl (C=O) groups excluding carboxylic acids is 4. The van der Waals surface area contributed by atoms with Gasteiger partial charge < -0.3 is 9.80 Å². The molecule has 6 heterocycles. The molecule has 5 aliphatic rings. The van der Waals surface area contributed by atoms with Gasteiger partial charge in [0.25, 0.3) is 45.9 Å². The summed E-state index contributed by atoms with van der Waals surface area (Å²) in [6.45, 7) is 5.30. The first kappa shape index (κ1) is 42.8. The van der Waals surface area contributed by atoms with Crippen LogP contribution in [0, 0.1) is 0 Å². The molecule has 6 aromatic carbocycles. The molecule has 14 nitrogen and oxygen atoms in total. The largest absolute Gasteiger partial charge is 0.371 e. The Morgan fingerprint density at radius 2 is 0.886 bits per heavy atom. The van der Waals surface area contributed by atoms with Gasteiger partial charge in [0.05, 0.1) is 38.2 Å². The Labute approximate surface area is 400 Å². The van der Waals surface area contributed by atoms with Crippen molar-refractivity contribution in [1.82, 2.24) is 14.1 Å². The minimum atomic E-state index is -0.942. The molecular formula is C56H52N6O8. The lowest BCUT2D eigenvalue weighted by atomic mass is 9.80. The van der Waals surface area contributed by atoms with E-state index in [-0.39, 0.29) is 57.1 Å². The number of aromatic nitrogens is 2. The third-order valence-corrected chi connectivity index (χ3v) is 16.5. The highest BCUT2D eigenvalue weighted by Gasteiger charge is 2.43. The second kappa shape index (κ2) is 15.9. The standard InChI is InChI=1S/C56H52N6O8/c1-2-3-4-5-6-10-25-59-49(63)35-26-37-38(27-36(35)50(59)64)55(69)62(54(37)68)61-53(67)34-20-18-32-45-41(57-21-11-12-22-57)28-39-43-33(51(65)60(52(39)66)30-15-8-7-9-16-30)19-17-31(47(43)45)46-42(58-23-13-14-24-58)29-40(56(61)70)44(34)48(32)46/h17-20,26-30H,2-16,21-25H2,1H3. The monoisotopic (exact) mass is 936 g/mol. The lowest BCUT2D eigenvalue weighted by Gasteiger charge is -2.37. The number of nitrogens with zero attached hydrogens (tertiary/aromatic N) is 6. The Balaban J connectivity index is 1.01. The highest BCUT2D eigenvalue weighted by atomic mass is 16.2. The number of unbranched alkanes of at least 4 members (excludes halogenated alkanes) is 5. The van der Waals surface area contributed by atoms with E-state index in [0.717, 1.165) is 141 Å². The molecule has 13 rings (SSSR count). The molecule has 1 aliphatic carbocycles. The van der Waals surface area contributed by atoms with Crippen LogP contribution in [0.15, 0.2) is 67.7 Å². The molecule has 0 N–H and O–H groups in total. The molecule has 8 aromatic rings. The van der Waals surface area contributed by atoms with Crippen molar-refractivity contribution >= 4 is 99.6 Å². The van der Waals surface area contributed by atoms with E-state index in [1.807, 2.05) is 24.3 Å². The average Bonchev–Trinajstić information content (AvgIpc) is 4.20. The summed E-state index contributed by atoms with van der Waals surface area (Å²) in [5.41, 5.74) is -0.0637. The maximum absolute atomic E-state index is 15.3. The molecule has 354 valence electrons. The van der Waals surface area contributed by atoms with Crippen LogP contribution in [0.3, 0.4) is 0 Å². The number of imide groups is 2. The van der Waals surface area contributed by atoms with Gasteiger partial charge in [0.1, 0.15) is 0 Å². The molecule has 0 bridgehead atoms. The lowest BCUT2D eigenvalue weighted by molar-refractivity contribution is 0.0502. The van der Waals surface area contributed by atoms with Crippen LogP contribution in [0.5, 0.6) is 0 Å². The van der Waals surface area contributed by atoms with Crippen molar-refractivity contribution in [3.63, 3.8) is 0 Å². The van der Waals surface area contributed by atoms with Gasteiger partial charge in [-0.3, -0.25) is 47.8 Å². The molecule has 2 aromatic heterocycles. The first-order valence-electron chi connectivity index (χ1n) is 25.6. The fraction of sp³-hybridized carbons (Fsp3) is 0.393. The fourth-order valence-corrected chi connectivity index (χ4v) is 13.1. The van der Waals surface area contributed by atoms with E-state index >= 15 is 9.59 Å². The van der Waals surface area contributed by atoms with Crippen LogP contribution in [0.4, 0.5) is 11.4 Å². The van der Waals surface area contributed by atoms with E-state index < -0.39 is 34.1 Å². The number of hydrogen-bond donors (Lipinski definition) is 0. The molecule has 4 aliphatic heterocycles. The zero-order chi connectivity index (χ0) is 47.9. The topological polar surface area (TPSA) is 159 Å². The summed E-state index contributed by atoms with van der Waals surface area (Å²) < 4.78 is 1.74. The SMILES string of the molecule is CCCCCCCCn1c(=O)c2cc3c(=O)n(N4C(=O)c5ccc6c7c(N8CCCC8)cc8c9c(ccc(c%10c(N%11CCCC%11)cc(c5c6%10)C4=O)c97)C(=O)N(C4CCCCC4)C8=O)c(=O)c3cc2c1=O. The Hall–Kier alpha value is -7.22. The predicted molar refractivity (Wildman–Crippen MR) is 273 cm³/mol. The van der Waals surface area contributed by atoms with E-state index in [1.165, 1.54) is 21.6 Å². The van der Waals surface area contributed by atoms with Gasteiger partial charge in [-0.25, -0.2) is 0 Å². The van der Waals surface area contributed by atoms with Crippen LogP contribution < -0.4 is 37.0 Å². The summed E-state index contributed by atoms with van der Waals surface area (Å²) in [5, 5.41) is 6.10.